The zero-order valence-electron chi connectivity index (χ0n) is 18.4. The van der Waals surface area contributed by atoms with E-state index in [0.717, 1.165) is 0 Å². The number of nitriles is 1. The number of carbonyl (C=O) groups is 2. The first-order valence-electron chi connectivity index (χ1n) is 10.5. The molecule has 0 spiro atoms. The maximum Gasteiger partial charge on any atom is 0.349 e. The fraction of sp³-hybridized carbons (Fsp3) is 0.261. The van der Waals surface area contributed by atoms with Crippen LogP contribution in [0, 0.1) is 11.3 Å². The molecule has 0 aromatic heterocycles. The Morgan fingerprint density at radius 1 is 1.09 bits per heavy atom. The number of anilines is 1. The maximum absolute atomic E-state index is 12.7. The number of morpholine rings is 1. The van der Waals surface area contributed by atoms with Gasteiger partial charge in [-0.3, -0.25) is 4.79 Å². The number of nitrogens with one attached hydrogen (secondary N) is 1. The summed E-state index contributed by atoms with van der Waals surface area (Å²) in [5.74, 6) is -0.561. The van der Waals surface area contributed by atoms with Gasteiger partial charge in [-0.2, -0.15) is 9.57 Å². The van der Waals surface area contributed by atoms with E-state index in [9.17, 15) is 23.3 Å². The number of ether oxygens (including phenoxy) is 4. The molecule has 2 heterocycles. The third kappa shape index (κ3) is 5.78. The first kappa shape index (κ1) is 24.2. The predicted octanol–water partition coefficient (Wildman–Crippen LogP) is 1.53. The Kier molecular flexibility index (Phi) is 7.31. The molecule has 1 fully saturated rings. The van der Waals surface area contributed by atoms with Crippen molar-refractivity contribution in [3.8, 4) is 17.6 Å². The second-order valence-electron chi connectivity index (χ2n) is 7.45. The van der Waals surface area contributed by atoms with Gasteiger partial charge in [-0.1, -0.05) is 6.07 Å². The number of sulfonamides is 1. The van der Waals surface area contributed by atoms with Gasteiger partial charge in [0.2, 0.25) is 16.8 Å². The van der Waals surface area contributed by atoms with Crippen molar-refractivity contribution in [1.29, 1.82) is 5.26 Å². The van der Waals surface area contributed by atoms with Crippen LogP contribution >= 0.6 is 0 Å². The molecule has 4 rings (SSSR count). The first-order valence-corrected chi connectivity index (χ1v) is 12.0. The van der Waals surface area contributed by atoms with Gasteiger partial charge in [-0.15, -0.1) is 0 Å². The summed E-state index contributed by atoms with van der Waals surface area (Å²) in [6.45, 7) is 0.695. The lowest BCUT2D eigenvalue weighted by Gasteiger charge is -2.26. The average molecular weight is 500 g/mol. The van der Waals surface area contributed by atoms with E-state index in [0.29, 0.717) is 36.0 Å². The SMILES string of the molecule is N#C/C(=C\c1ccc2c(c1)OCO2)C(=O)OCC(=O)Nc1ccc(S(=O)(=O)N2CCOCC2)cc1. The second kappa shape index (κ2) is 10.6. The van der Waals surface area contributed by atoms with E-state index in [-0.39, 0.29) is 30.4 Å². The normalized spacial score (nSPS) is 15.8. The molecule has 2 aliphatic heterocycles. The number of amides is 1. The van der Waals surface area contributed by atoms with Crippen molar-refractivity contribution in [2.75, 3.05) is 45.0 Å². The van der Waals surface area contributed by atoms with Crippen LogP contribution in [0.5, 0.6) is 11.5 Å². The van der Waals surface area contributed by atoms with Crippen LogP contribution in [0.25, 0.3) is 6.08 Å². The summed E-state index contributed by atoms with van der Waals surface area (Å²) in [4.78, 5) is 24.5. The molecule has 35 heavy (non-hydrogen) atoms. The molecular formula is C23H21N3O8S. The van der Waals surface area contributed by atoms with Crippen molar-refractivity contribution in [3.05, 3.63) is 53.6 Å². The van der Waals surface area contributed by atoms with E-state index in [4.69, 9.17) is 18.9 Å². The Bertz CT molecular complexity index is 1290. The van der Waals surface area contributed by atoms with Crippen LogP contribution in [0.2, 0.25) is 0 Å². The number of fused-ring (bicyclic) bond motifs is 1. The number of rotatable bonds is 7. The average Bonchev–Trinajstić information content (AvgIpc) is 3.34. The van der Waals surface area contributed by atoms with Gasteiger partial charge in [0.05, 0.1) is 18.1 Å². The fourth-order valence-electron chi connectivity index (χ4n) is 3.36. The second-order valence-corrected chi connectivity index (χ2v) is 9.39. The molecule has 1 N–H and O–H groups in total. The highest BCUT2D eigenvalue weighted by atomic mass is 32.2. The van der Waals surface area contributed by atoms with E-state index in [1.807, 2.05) is 0 Å². The van der Waals surface area contributed by atoms with Crippen LogP contribution in [0.4, 0.5) is 5.69 Å². The van der Waals surface area contributed by atoms with E-state index >= 15 is 0 Å². The van der Waals surface area contributed by atoms with Crippen molar-refractivity contribution >= 4 is 33.7 Å². The zero-order valence-corrected chi connectivity index (χ0v) is 19.2. The van der Waals surface area contributed by atoms with E-state index < -0.39 is 28.5 Å². The molecular weight excluding hydrogens is 478 g/mol. The summed E-state index contributed by atoms with van der Waals surface area (Å²) >= 11 is 0. The van der Waals surface area contributed by atoms with Gasteiger partial charge in [0.25, 0.3) is 5.91 Å². The van der Waals surface area contributed by atoms with E-state index in [1.165, 1.54) is 34.6 Å². The lowest BCUT2D eigenvalue weighted by Crippen LogP contribution is -2.40. The number of benzene rings is 2. The number of carbonyl (C=O) groups excluding carboxylic acids is 2. The van der Waals surface area contributed by atoms with E-state index in [1.54, 1.807) is 24.3 Å². The van der Waals surface area contributed by atoms with Gasteiger partial charge in [0.15, 0.2) is 18.1 Å². The van der Waals surface area contributed by atoms with Crippen molar-refractivity contribution in [2.45, 2.75) is 4.90 Å². The fourth-order valence-corrected chi connectivity index (χ4v) is 4.77. The molecule has 0 bridgehead atoms. The van der Waals surface area contributed by atoms with Gasteiger partial charge in [0, 0.05) is 18.8 Å². The number of nitrogens with zero attached hydrogens (tertiary/aromatic N) is 2. The number of hydrogen-bond acceptors (Lipinski definition) is 9. The van der Waals surface area contributed by atoms with Crippen LogP contribution in [0.3, 0.4) is 0 Å². The summed E-state index contributed by atoms with van der Waals surface area (Å²) in [5.41, 5.74) is 0.553. The summed E-state index contributed by atoms with van der Waals surface area (Å²) in [7, 11) is -3.65. The molecule has 0 saturated carbocycles. The molecule has 2 aliphatic rings. The molecule has 2 aromatic carbocycles. The maximum atomic E-state index is 12.7. The van der Waals surface area contributed by atoms with Gasteiger partial charge >= 0.3 is 5.97 Å². The molecule has 2 aromatic rings. The summed E-state index contributed by atoms with van der Waals surface area (Å²) in [6, 6.07) is 12.3. The van der Waals surface area contributed by atoms with Gasteiger partial charge in [-0.05, 0) is 48.0 Å². The third-order valence-electron chi connectivity index (χ3n) is 5.13. The minimum atomic E-state index is -3.65. The van der Waals surface area contributed by atoms with Gasteiger partial charge in [-0.25, -0.2) is 13.2 Å². The van der Waals surface area contributed by atoms with Crippen LogP contribution in [0.1, 0.15) is 5.56 Å². The van der Waals surface area contributed by atoms with Gasteiger partial charge < -0.3 is 24.3 Å². The van der Waals surface area contributed by atoms with Crippen LogP contribution in [-0.4, -0.2) is 64.3 Å². The van der Waals surface area contributed by atoms with Crippen molar-refractivity contribution in [3.63, 3.8) is 0 Å². The first-order chi connectivity index (χ1) is 16.9. The van der Waals surface area contributed by atoms with Crippen molar-refractivity contribution in [2.24, 2.45) is 0 Å². The quantitative estimate of drug-likeness (QED) is 0.341. The number of esters is 1. The van der Waals surface area contributed by atoms with Crippen LogP contribution in [0.15, 0.2) is 52.9 Å². The summed E-state index contributed by atoms with van der Waals surface area (Å²) in [6.07, 6.45) is 1.32. The Labute approximate surface area is 201 Å². The molecule has 11 nitrogen and oxygen atoms in total. The Hall–Kier alpha value is -3.92. The van der Waals surface area contributed by atoms with Gasteiger partial charge in [0.1, 0.15) is 11.6 Å². The lowest BCUT2D eigenvalue weighted by atomic mass is 10.1. The minimum Gasteiger partial charge on any atom is -0.454 e. The summed E-state index contributed by atoms with van der Waals surface area (Å²) in [5, 5.41) is 11.8. The monoisotopic (exact) mass is 499 g/mol. The highest BCUT2D eigenvalue weighted by Crippen LogP contribution is 2.33. The molecule has 0 aliphatic carbocycles. The largest absolute Gasteiger partial charge is 0.454 e. The standard InChI is InChI=1S/C23H21N3O8S/c24-13-17(11-16-1-6-20-21(12-16)34-15-33-20)23(28)32-14-22(27)25-18-2-4-19(5-3-18)35(29,30)26-7-9-31-10-8-26/h1-6,11-12H,7-10,14-15H2,(H,25,27)/b17-11+. The predicted molar refractivity (Wildman–Crippen MR) is 122 cm³/mol. The van der Waals surface area contributed by atoms with Crippen molar-refractivity contribution in [1.82, 2.24) is 4.31 Å². The number of hydrogen-bond donors (Lipinski definition) is 1. The molecule has 1 amide bonds. The van der Waals surface area contributed by atoms with Crippen molar-refractivity contribution < 1.29 is 37.0 Å². The Balaban J connectivity index is 1.32. The highest BCUT2D eigenvalue weighted by molar-refractivity contribution is 7.89. The molecule has 1 saturated heterocycles. The summed E-state index contributed by atoms with van der Waals surface area (Å²) < 4.78 is 47.3. The molecule has 12 heteroatoms. The lowest BCUT2D eigenvalue weighted by molar-refractivity contribution is -0.142. The van der Waals surface area contributed by atoms with Crippen LogP contribution < -0.4 is 14.8 Å². The molecule has 182 valence electrons. The van der Waals surface area contributed by atoms with Crippen LogP contribution in [-0.2, 0) is 29.1 Å². The highest BCUT2D eigenvalue weighted by Gasteiger charge is 2.26. The zero-order chi connectivity index (χ0) is 24.8. The molecule has 0 unspecified atom stereocenters. The minimum absolute atomic E-state index is 0.0937. The van der Waals surface area contributed by atoms with E-state index in [2.05, 4.69) is 5.32 Å². The molecule has 0 atom stereocenters. The topological polar surface area (TPSA) is 144 Å². The molecule has 0 radical (unpaired) electrons. The third-order valence-corrected chi connectivity index (χ3v) is 7.04. The smallest absolute Gasteiger partial charge is 0.349 e. The Morgan fingerprint density at radius 3 is 2.51 bits per heavy atom. The Morgan fingerprint density at radius 2 is 1.80 bits per heavy atom.